The molecule has 3 aromatic carbocycles. The van der Waals surface area contributed by atoms with Crippen LogP contribution in [-0.2, 0) is 6.42 Å². The van der Waals surface area contributed by atoms with Crippen LogP contribution in [0.15, 0.2) is 78.0 Å². The minimum atomic E-state index is -0.196. The molecule has 2 N–H and O–H groups in total. The quantitative estimate of drug-likeness (QED) is 0.400. The predicted molar refractivity (Wildman–Crippen MR) is 105 cm³/mol. The summed E-state index contributed by atoms with van der Waals surface area (Å²) in [7, 11) is 0. The number of hydrogen-bond acceptors (Lipinski definition) is 5. The summed E-state index contributed by atoms with van der Waals surface area (Å²) in [5, 5.41) is 16.0. The van der Waals surface area contributed by atoms with Crippen molar-refractivity contribution >= 4 is 17.3 Å². The number of para-hydroxylation sites is 1. The Kier molecular flexibility index (Phi) is 4.93. The average molecular weight is 374 g/mol. The molecule has 3 aromatic rings. The predicted octanol–water partition coefficient (Wildman–Crippen LogP) is 4.09. The van der Waals surface area contributed by atoms with Crippen LogP contribution >= 0.6 is 0 Å². The van der Waals surface area contributed by atoms with Crippen molar-refractivity contribution in [1.82, 2.24) is 0 Å². The molecule has 6 heteroatoms. The number of nitrogens with zero attached hydrogens (tertiary/aromatic N) is 1. The van der Waals surface area contributed by atoms with Gasteiger partial charge in [-0.3, -0.25) is 4.79 Å². The summed E-state index contributed by atoms with van der Waals surface area (Å²) in [5.74, 6) is 1.08. The average Bonchev–Trinajstić information content (AvgIpc) is 3.21. The highest BCUT2D eigenvalue weighted by molar-refractivity contribution is 6.06. The van der Waals surface area contributed by atoms with Crippen LogP contribution in [-0.4, -0.2) is 23.6 Å². The molecule has 0 unspecified atom stereocenters. The molecule has 1 heterocycles. The number of benzene rings is 3. The molecule has 140 valence electrons. The molecule has 0 bridgehead atoms. The van der Waals surface area contributed by atoms with Gasteiger partial charge in [0.1, 0.15) is 0 Å². The van der Waals surface area contributed by atoms with Gasteiger partial charge in [0.25, 0.3) is 5.91 Å². The lowest BCUT2D eigenvalue weighted by molar-refractivity contribution is 0.102. The molecule has 1 aliphatic heterocycles. The summed E-state index contributed by atoms with van der Waals surface area (Å²) < 4.78 is 10.7. The van der Waals surface area contributed by atoms with Crippen LogP contribution in [0.3, 0.4) is 0 Å². The van der Waals surface area contributed by atoms with E-state index in [1.54, 1.807) is 24.3 Å². The fourth-order valence-corrected chi connectivity index (χ4v) is 3.03. The third-order valence-corrected chi connectivity index (χ3v) is 4.49. The first-order valence-electron chi connectivity index (χ1n) is 8.80. The minimum absolute atomic E-state index is 0.179. The Hall–Kier alpha value is -3.80. The lowest BCUT2D eigenvalue weighted by Crippen LogP contribution is -2.14. The van der Waals surface area contributed by atoms with Crippen LogP contribution in [0.5, 0.6) is 11.5 Å². The summed E-state index contributed by atoms with van der Waals surface area (Å²) >= 11 is 0. The van der Waals surface area contributed by atoms with Gasteiger partial charge in [-0.2, -0.15) is 0 Å². The normalized spacial score (nSPS) is 12.6. The molecule has 0 aliphatic carbocycles. The molecular formula is C22H18N2O4. The van der Waals surface area contributed by atoms with Crippen molar-refractivity contribution in [3.8, 4) is 11.5 Å². The number of hydrogen-bond donors (Lipinski definition) is 2. The zero-order chi connectivity index (χ0) is 19.3. The molecule has 1 aliphatic rings. The Balaban J connectivity index is 1.57. The van der Waals surface area contributed by atoms with Crippen LogP contribution in [0, 0.1) is 0 Å². The summed E-state index contributed by atoms with van der Waals surface area (Å²) in [4.78, 5) is 12.5. The lowest BCUT2D eigenvalue weighted by Gasteiger charge is -2.12. The third-order valence-electron chi connectivity index (χ3n) is 4.49. The van der Waals surface area contributed by atoms with Crippen LogP contribution in [0.2, 0.25) is 0 Å². The molecule has 0 fully saturated rings. The summed E-state index contributed by atoms with van der Waals surface area (Å²) in [6.45, 7) is 0.179. The van der Waals surface area contributed by atoms with Gasteiger partial charge in [0.2, 0.25) is 6.79 Å². The second-order valence-corrected chi connectivity index (χ2v) is 6.27. The van der Waals surface area contributed by atoms with Crippen molar-refractivity contribution in [3.63, 3.8) is 0 Å². The number of rotatable bonds is 5. The minimum Gasteiger partial charge on any atom is -0.454 e. The highest BCUT2D eigenvalue weighted by atomic mass is 16.7. The Bertz CT molecular complexity index is 1030. The molecule has 0 saturated heterocycles. The lowest BCUT2D eigenvalue weighted by atomic mass is 10.00. The van der Waals surface area contributed by atoms with E-state index in [-0.39, 0.29) is 12.7 Å². The van der Waals surface area contributed by atoms with E-state index in [1.807, 2.05) is 48.5 Å². The van der Waals surface area contributed by atoms with Gasteiger partial charge < -0.3 is 20.0 Å². The topological polar surface area (TPSA) is 80.2 Å². The van der Waals surface area contributed by atoms with E-state index in [0.29, 0.717) is 34.9 Å². The Morgan fingerprint density at radius 1 is 0.929 bits per heavy atom. The van der Waals surface area contributed by atoms with Gasteiger partial charge in [-0.1, -0.05) is 41.6 Å². The molecule has 4 rings (SSSR count). The van der Waals surface area contributed by atoms with Gasteiger partial charge in [-0.15, -0.1) is 0 Å². The monoisotopic (exact) mass is 374 g/mol. The third kappa shape index (κ3) is 3.66. The maximum Gasteiger partial charge on any atom is 0.255 e. The fourth-order valence-electron chi connectivity index (χ4n) is 3.03. The van der Waals surface area contributed by atoms with E-state index in [2.05, 4.69) is 10.5 Å². The van der Waals surface area contributed by atoms with Crippen LogP contribution in [0.25, 0.3) is 0 Å². The number of anilines is 1. The number of nitrogens with one attached hydrogen (secondary N) is 1. The van der Waals surface area contributed by atoms with Gasteiger partial charge >= 0.3 is 0 Å². The van der Waals surface area contributed by atoms with E-state index in [9.17, 15) is 10.0 Å². The first-order valence-corrected chi connectivity index (χ1v) is 8.80. The number of fused-ring (bicyclic) bond motifs is 1. The number of oxime groups is 1. The molecule has 1 amide bonds. The molecule has 6 nitrogen and oxygen atoms in total. The van der Waals surface area contributed by atoms with Gasteiger partial charge in [-0.25, -0.2) is 0 Å². The number of carbonyl (C=O) groups is 1. The standard InChI is InChI=1S/C22H18N2O4/c25-22(15-6-2-1-3-7-15)23-18-9-5-4-8-16(18)12-19(24-26)17-10-11-20-21(13-17)28-14-27-20/h1-11,13,26H,12,14H2,(H,23,25)/b24-19-. The van der Waals surface area contributed by atoms with Crippen molar-refractivity contribution in [2.45, 2.75) is 6.42 Å². The SMILES string of the molecule is O=C(Nc1ccccc1C/C(=N/O)c1ccc2c(c1)OCO2)c1ccccc1. The van der Waals surface area contributed by atoms with E-state index in [4.69, 9.17) is 9.47 Å². The van der Waals surface area contributed by atoms with E-state index >= 15 is 0 Å². The highest BCUT2D eigenvalue weighted by Gasteiger charge is 2.17. The van der Waals surface area contributed by atoms with Crippen molar-refractivity contribution in [1.29, 1.82) is 0 Å². The van der Waals surface area contributed by atoms with Gasteiger partial charge in [-0.05, 0) is 42.0 Å². The van der Waals surface area contributed by atoms with Gasteiger partial charge in [0, 0.05) is 23.2 Å². The molecule has 0 spiro atoms. The van der Waals surface area contributed by atoms with Crippen molar-refractivity contribution in [2.24, 2.45) is 5.16 Å². The van der Waals surface area contributed by atoms with Crippen LogP contribution < -0.4 is 14.8 Å². The number of ether oxygens (including phenoxy) is 2. The smallest absolute Gasteiger partial charge is 0.255 e. The van der Waals surface area contributed by atoms with E-state index < -0.39 is 0 Å². The largest absolute Gasteiger partial charge is 0.454 e. The molecule has 0 atom stereocenters. The van der Waals surface area contributed by atoms with E-state index in [0.717, 1.165) is 11.1 Å². The first kappa shape index (κ1) is 17.6. The fraction of sp³-hybridized carbons (Fsp3) is 0.0909. The molecule has 0 saturated carbocycles. The Morgan fingerprint density at radius 3 is 2.50 bits per heavy atom. The highest BCUT2D eigenvalue weighted by Crippen LogP contribution is 2.33. The zero-order valence-electron chi connectivity index (χ0n) is 15.0. The maximum absolute atomic E-state index is 12.5. The van der Waals surface area contributed by atoms with Crippen LogP contribution in [0.4, 0.5) is 5.69 Å². The molecule has 0 aromatic heterocycles. The first-order chi connectivity index (χ1) is 13.7. The van der Waals surface area contributed by atoms with Crippen molar-refractivity contribution < 1.29 is 19.5 Å². The number of carbonyl (C=O) groups excluding carboxylic acids is 1. The summed E-state index contributed by atoms with van der Waals surface area (Å²) in [5.41, 5.74) is 3.25. The molecular weight excluding hydrogens is 356 g/mol. The van der Waals surface area contributed by atoms with Crippen molar-refractivity contribution in [3.05, 3.63) is 89.5 Å². The second-order valence-electron chi connectivity index (χ2n) is 6.27. The van der Waals surface area contributed by atoms with Crippen LogP contribution in [0.1, 0.15) is 21.5 Å². The van der Waals surface area contributed by atoms with Crippen molar-refractivity contribution in [2.75, 3.05) is 12.1 Å². The summed E-state index contributed by atoms with van der Waals surface area (Å²) in [6.07, 6.45) is 0.335. The maximum atomic E-state index is 12.5. The van der Waals surface area contributed by atoms with E-state index in [1.165, 1.54) is 0 Å². The Morgan fingerprint density at radius 2 is 1.68 bits per heavy atom. The van der Waals surface area contributed by atoms with Gasteiger partial charge in [0.15, 0.2) is 11.5 Å². The number of amides is 1. The zero-order valence-corrected chi connectivity index (χ0v) is 15.0. The summed E-state index contributed by atoms with van der Waals surface area (Å²) in [6, 6.07) is 21.8. The molecule has 0 radical (unpaired) electrons. The molecule has 28 heavy (non-hydrogen) atoms. The van der Waals surface area contributed by atoms with Gasteiger partial charge in [0.05, 0.1) is 5.71 Å². The second kappa shape index (κ2) is 7.84. The Labute approximate surface area is 162 Å².